The monoisotopic (exact) mass is 325 g/mol. The standard InChI is InChI=1S/C16H20FNO5/c1-3-4-9-22-11(2)15(19)18-10-14(16(20)21)23-13-7-5-12(17)6-8-13/h3,5-8,11,14H,1,4,9-10H2,2H3,(H,18,19)(H,20,21). The number of halogens is 1. The number of nitrogens with one attached hydrogen (secondary N) is 1. The molecule has 2 atom stereocenters. The van der Waals surface area contributed by atoms with Gasteiger partial charge in [-0.2, -0.15) is 0 Å². The number of aliphatic carboxylic acids is 1. The molecule has 6 nitrogen and oxygen atoms in total. The van der Waals surface area contributed by atoms with Crippen LogP contribution in [0.5, 0.6) is 5.75 Å². The first kappa shape index (κ1) is 18.6. The van der Waals surface area contributed by atoms with E-state index in [4.69, 9.17) is 14.6 Å². The SMILES string of the molecule is C=CCCOC(C)C(=O)NCC(Oc1ccc(F)cc1)C(=O)O. The zero-order chi connectivity index (χ0) is 17.2. The predicted octanol–water partition coefficient (Wildman–Crippen LogP) is 1.76. The number of hydrogen-bond acceptors (Lipinski definition) is 4. The highest BCUT2D eigenvalue weighted by Crippen LogP contribution is 2.13. The van der Waals surface area contributed by atoms with E-state index in [1.165, 1.54) is 12.1 Å². The summed E-state index contributed by atoms with van der Waals surface area (Å²) in [5.41, 5.74) is 0. The third-order valence-electron chi connectivity index (χ3n) is 2.89. The van der Waals surface area contributed by atoms with Crippen LogP contribution in [0.25, 0.3) is 0 Å². The van der Waals surface area contributed by atoms with Gasteiger partial charge >= 0.3 is 5.97 Å². The van der Waals surface area contributed by atoms with E-state index in [0.717, 1.165) is 12.1 Å². The van der Waals surface area contributed by atoms with Crippen LogP contribution in [0.1, 0.15) is 13.3 Å². The molecular weight excluding hydrogens is 305 g/mol. The lowest BCUT2D eigenvalue weighted by Crippen LogP contribution is -2.44. The van der Waals surface area contributed by atoms with Gasteiger partial charge in [0.05, 0.1) is 13.2 Å². The van der Waals surface area contributed by atoms with Crippen molar-refractivity contribution in [3.8, 4) is 5.75 Å². The molecule has 0 heterocycles. The Morgan fingerprint density at radius 2 is 2.04 bits per heavy atom. The fourth-order valence-electron chi connectivity index (χ4n) is 1.60. The summed E-state index contributed by atoms with van der Waals surface area (Å²) in [6.45, 7) is 5.22. The van der Waals surface area contributed by atoms with Gasteiger partial charge in [0.1, 0.15) is 17.7 Å². The van der Waals surface area contributed by atoms with Crippen LogP contribution in [0.3, 0.4) is 0 Å². The Bertz CT molecular complexity index is 532. The van der Waals surface area contributed by atoms with E-state index in [0.29, 0.717) is 13.0 Å². The molecule has 0 saturated carbocycles. The summed E-state index contributed by atoms with van der Waals surface area (Å²) in [5.74, 6) is -1.94. The van der Waals surface area contributed by atoms with Crippen LogP contribution >= 0.6 is 0 Å². The van der Waals surface area contributed by atoms with E-state index < -0.39 is 29.9 Å². The normalized spacial score (nSPS) is 13.0. The summed E-state index contributed by atoms with van der Waals surface area (Å²) in [6, 6.07) is 4.94. The maximum Gasteiger partial charge on any atom is 0.346 e. The molecular formula is C16H20FNO5. The van der Waals surface area contributed by atoms with Crippen LogP contribution in [0.4, 0.5) is 4.39 Å². The summed E-state index contributed by atoms with van der Waals surface area (Å²) in [7, 11) is 0. The lowest BCUT2D eigenvalue weighted by molar-refractivity contribution is -0.145. The number of carboxylic acid groups (broad SMARTS) is 1. The molecule has 126 valence electrons. The summed E-state index contributed by atoms with van der Waals surface area (Å²) < 4.78 is 23.3. The average molecular weight is 325 g/mol. The van der Waals surface area contributed by atoms with Gasteiger partial charge < -0.3 is 19.9 Å². The van der Waals surface area contributed by atoms with Crippen LogP contribution in [0.2, 0.25) is 0 Å². The fourth-order valence-corrected chi connectivity index (χ4v) is 1.60. The second-order valence-corrected chi connectivity index (χ2v) is 4.73. The number of carbonyl (C=O) groups is 2. The number of benzene rings is 1. The van der Waals surface area contributed by atoms with Gasteiger partial charge in [-0.05, 0) is 37.6 Å². The van der Waals surface area contributed by atoms with E-state index >= 15 is 0 Å². The summed E-state index contributed by atoms with van der Waals surface area (Å²) in [6.07, 6.45) is 0.282. The number of carboxylic acids is 1. The molecule has 0 aliphatic heterocycles. The second-order valence-electron chi connectivity index (χ2n) is 4.73. The third-order valence-corrected chi connectivity index (χ3v) is 2.89. The topological polar surface area (TPSA) is 84.9 Å². The first-order valence-electron chi connectivity index (χ1n) is 7.09. The van der Waals surface area contributed by atoms with Crippen molar-refractivity contribution in [1.29, 1.82) is 0 Å². The molecule has 1 aromatic rings. The number of ether oxygens (including phenoxy) is 2. The van der Waals surface area contributed by atoms with E-state index in [1.807, 2.05) is 0 Å². The molecule has 0 aliphatic carbocycles. The molecule has 0 spiro atoms. The van der Waals surface area contributed by atoms with Crippen LogP contribution < -0.4 is 10.1 Å². The summed E-state index contributed by atoms with van der Waals surface area (Å²) in [5, 5.41) is 11.6. The molecule has 1 aromatic carbocycles. The minimum Gasteiger partial charge on any atom is -0.478 e. The average Bonchev–Trinajstić information content (AvgIpc) is 2.52. The maximum atomic E-state index is 12.8. The molecule has 7 heteroatoms. The van der Waals surface area contributed by atoms with Gasteiger partial charge in [0.25, 0.3) is 0 Å². The highest BCUT2D eigenvalue weighted by atomic mass is 19.1. The van der Waals surface area contributed by atoms with Crippen molar-refractivity contribution in [1.82, 2.24) is 5.32 Å². The molecule has 0 radical (unpaired) electrons. The molecule has 23 heavy (non-hydrogen) atoms. The summed E-state index contributed by atoms with van der Waals surface area (Å²) in [4.78, 5) is 23.0. The van der Waals surface area contributed by atoms with Crippen molar-refractivity contribution in [2.24, 2.45) is 0 Å². The van der Waals surface area contributed by atoms with E-state index in [9.17, 15) is 14.0 Å². The smallest absolute Gasteiger partial charge is 0.346 e. The van der Waals surface area contributed by atoms with Crippen molar-refractivity contribution in [3.63, 3.8) is 0 Å². The van der Waals surface area contributed by atoms with Gasteiger partial charge in [0.15, 0.2) is 0 Å². The first-order valence-corrected chi connectivity index (χ1v) is 7.09. The molecule has 0 fully saturated rings. The van der Waals surface area contributed by atoms with Crippen LogP contribution in [0, 0.1) is 5.82 Å². The molecule has 0 bridgehead atoms. The Kier molecular flexibility index (Phi) is 7.76. The molecule has 1 rings (SSSR count). The Morgan fingerprint density at radius 3 is 2.61 bits per heavy atom. The summed E-state index contributed by atoms with van der Waals surface area (Å²) >= 11 is 0. The number of carbonyl (C=O) groups excluding carboxylic acids is 1. The quantitative estimate of drug-likeness (QED) is 0.506. The Labute approximate surface area is 133 Å². The fraction of sp³-hybridized carbons (Fsp3) is 0.375. The molecule has 2 unspecified atom stereocenters. The molecule has 1 amide bonds. The number of amides is 1. The predicted molar refractivity (Wildman–Crippen MR) is 81.7 cm³/mol. The Morgan fingerprint density at radius 1 is 1.39 bits per heavy atom. The van der Waals surface area contributed by atoms with Crippen molar-refractivity contribution < 1.29 is 28.6 Å². The number of rotatable bonds is 10. The minimum absolute atomic E-state index is 0.198. The third kappa shape index (κ3) is 6.92. The first-order chi connectivity index (χ1) is 10.9. The molecule has 2 N–H and O–H groups in total. The lowest BCUT2D eigenvalue weighted by Gasteiger charge is -2.18. The Hall–Kier alpha value is -2.41. The van der Waals surface area contributed by atoms with Crippen LogP contribution in [-0.2, 0) is 14.3 Å². The maximum absolute atomic E-state index is 12.8. The second kappa shape index (κ2) is 9.58. The lowest BCUT2D eigenvalue weighted by atomic mass is 10.3. The van der Waals surface area contributed by atoms with Crippen molar-refractivity contribution in [2.75, 3.05) is 13.2 Å². The van der Waals surface area contributed by atoms with Gasteiger partial charge in [-0.1, -0.05) is 6.08 Å². The van der Waals surface area contributed by atoms with Gasteiger partial charge in [-0.15, -0.1) is 6.58 Å². The highest BCUT2D eigenvalue weighted by Gasteiger charge is 2.22. The van der Waals surface area contributed by atoms with Gasteiger partial charge in [0.2, 0.25) is 12.0 Å². The van der Waals surface area contributed by atoms with Crippen LogP contribution in [-0.4, -0.2) is 42.3 Å². The Balaban J connectivity index is 2.49. The molecule has 0 saturated heterocycles. The minimum atomic E-state index is -1.29. The van der Waals surface area contributed by atoms with E-state index in [2.05, 4.69) is 11.9 Å². The van der Waals surface area contributed by atoms with Crippen molar-refractivity contribution >= 4 is 11.9 Å². The van der Waals surface area contributed by atoms with Gasteiger partial charge in [-0.3, -0.25) is 4.79 Å². The van der Waals surface area contributed by atoms with Gasteiger partial charge in [-0.25, -0.2) is 9.18 Å². The highest BCUT2D eigenvalue weighted by molar-refractivity contribution is 5.81. The zero-order valence-electron chi connectivity index (χ0n) is 12.8. The van der Waals surface area contributed by atoms with E-state index in [-0.39, 0.29) is 12.3 Å². The molecule has 0 aliphatic rings. The van der Waals surface area contributed by atoms with E-state index in [1.54, 1.807) is 13.0 Å². The van der Waals surface area contributed by atoms with Crippen molar-refractivity contribution in [2.45, 2.75) is 25.6 Å². The number of hydrogen-bond donors (Lipinski definition) is 2. The van der Waals surface area contributed by atoms with Crippen molar-refractivity contribution in [3.05, 3.63) is 42.7 Å². The molecule has 0 aromatic heterocycles. The van der Waals surface area contributed by atoms with Gasteiger partial charge in [0, 0.05) is 0 Å². The van der Waals surface area contributed by atoms with Crippen LogP contribution in [0.15, 0.2) is 36.9 Å². The largest absolute Gasteiger partial charge is 0.478 e. The zero-order valence-corrected chi connectivity index (χ0v) is 12.8.